The highest BCUT2D eigenvalue weighted by Crippen LogP contribution is 2.13. The van der Waals surface area contributed by atoms with E-state index in [0.717, 1.165) is 19.3 Å². The molecule has 5 heteroatoms. The van der Waals surface area contributed by atoms with Gasteiger partial charge in [0.2, 0.25) is 0 Å². The molecule has 3 amide bonds. The number of hydrogen-bond donors (Lipinski definition) is 0. The minimum Gasteiger partial charge on any atom is -1.00 e. The number of unbranched alkanes of at least 4 members (excludes halogenated alkanes) is 13. The van der Waals surface area contributed by atoms with E-state index in [-0.39, 0.29) is 12.4 Å². The summed E-state index contributed by atoms with van der Waals surface area (Å²) in [5.74, 6) is 0. The van der Waals surface area contributed by atoms with Crippen LogP contribution < -0.4 is 12.4 Å². The lowest BCUT2D eigenvalue weighted by atomic mass is 10.0. The Bertz CT molecular complexity index is 289. The molecule has 0 saturated carbocycles. The molecule has 0 aromatic heterocycles. The maximum Gasteiger partial charge on any atom is 0.315 e. The fourth-order valence-electron chi connectivity index (χ4n) is 2.81. The molecular formula is C19H36ClNO3. The van der Waals surface area contributed by atoms with Gasteiger partial charge in [-0.25, -0.2) is 14.4 Å². The second-order valence-corrected chi connectivity index (χ2v) is 6.63. The zero-order valence-electron chi connectivity index (χ0n) is 15.4. The maximum absolute atomic E-state index is 10.8. The lowest BCUT2D eigenvalue weighted by molar-refractivity contribution is -0.672. The molecule has 0 bridgehead atoms. The molecule has 0 aliphatic carbocycles. The van der Waals surface area contributed by atoms with Gasteiger partial charge in [0.05, 0.1) is 6.54 Å². The minimum absolute atomic E-state index is 0. The molecule has 0 atom stereocenters. The summed E-state index contributed by atoms with van der Waals surface area (Å²) >= 11 is 0. The first-order chi connectivity index (χ1) is 11.2. The number of carbonyl (C=O) groups excluding carboxylic acids is 3. The van der Waals surface area contributed by atoms with Gasteiger partial charge in [-0.1, -0.05) is 84.0 Å². The Morgan fingerprint density at radius 3 is 1.12 bits per heavy atom. The molecule has 142 valence electrons. The minimum atomic E-state index is -0.710. The molecule has 0 N–H and O–H groups in total. The van der Waals surface area contributed by atoms with Crippen LogP contribution in [0.3, 0.4) is 0 Å². The Morgan fingerprint density at radius 2 is 0.833 bits per heavy atom. The summed E-state index contributed by atoms with van der Waals surface area (Å²) in [6, 6.07) is 0. The topological polar surface area (TPSA) is 51.2 Å². The van der Waals surface area contributed by atoms with Gasteiger partial charge >= 0.3 is 19.2 Å². The molecule has 0 heterocycles. The van der Waals surface area contributed by atoms with Crippen molar-refractivity contribution in [1.29, 1.82) is 0 Å². The van der Waals surface area contributed by atoms with Gasteiger partial charge in [0.25, 0.3) is 0 Å². The van der Waals surface area contributed by atoms with Crippen molar-refractivity contribution in [3.05, 3.63) is 0 Å². The van der Waals surface area contributed by atoms with E-state index in [1.807, 2.05) is 0 Å². The number of amides is 3. The Morgan fingerprint density at radius 1 is 0.542 bits per heavy atom. The number of rotatable bonds is 18. The Kier molecular flexibility index (Phi) is 19.8. The molecule has 4 nitrogen and oxygen atoms in total. The fraction of sp³-hybridized carbons (Fsp3) is 0.842. The van der Waals surface area contributed by atoms with Crippen molar-refractivity contribution in [2.75, 3.05) is 6.54 Å². The quantitative estimate of drug-likeness (QED) is 0.212. The van der Waals surface area contributed by atoms with Crippen LogP contribution in [0.2, 0.25) is 0 Å². The van der Waals surface area contributed by atoms with E-state index >= 15 is 0 Å². The van der Waals surface area contributed by atoms with Crippen LogP contribution in [0.15, 0.2) is 0 Å². The summed E-state index contributed by atoms with van der Waals surface area (Å²) in [5, 5.41) is 0. The Labute approximate surface area is 154 Å². The summed E-state index contributed by atoms with van der Waals surface area (Å²) < 4.78 is -0.710. The first kappa shape index (κ1) is 25.5. The predicted molar refractivity (Wildman–Crippen MR) is 93.6 cm³/mol. The maximum atomic E-state index is 10.8. The molecule has 0 radical (unpaired) electrons. The lowest BCUT2D eigenvalue weighted by Gasteiger charge is -2.15. The lowest BCUT2D eigenvalue weighted by Crippen LogP contribution is -3.00. The number of hydrogen-bond acceptors (Lipinski definition) is 3. The summed E-state index contributed by atoms with van der Waals surface area (Å²) in [6.07, 6.45) is 18.9. The molecule has 0 unspecified atom stereocenters. The van der Waals surface area contributed by atoms with Crippen molar-refractivity contribution in [2.45, 2.75) is 96.8 Å². The van der Waals surface area contributed by atoms with E-state index in [0.29, 0.717) is 25.8 Å². The van der Waals surface area contributed by atoms with Crippen molar-refractivity contribution in [3.63, 3.8) is 0 Å². The Balaban J connectivity index is 0. The normalized spacial score (nSPS) is 10.9. The van der Waals surface area contributed by atoms with Crippen LogP contribution in [0.4, 0.5) is 0 Å². The van der Waals surface area contributed by atoms with Gasteiger partial charge in [-0.2, -0.15) is 0 Å². The van der Waals surface area contributed by atoms with Gasteiger partial charge in [-0.3, -0.25) is 0 Å². The molecule has 24 heavy (non-hydrogen) atoms. The van der Waals surface area contributed by atoms with Gasteiger partial charge < -0.3 is 12.4 Å². The van der Waals surface area contributed by atoms with Crippen LogP contribution in [0.1, 0.15) is 96.8 Å². The molecule has 0 aromatic rings. The Hall–Kier alpha value is -0.740. The average molecular weight is 362 g/mol. The van der Waals surface area contributed by atoms with Crippen LogP contribution in [0.25, 0.3) is 0 Å². The van der Waals surface area contributed by atoms with Crippen LogP contribution in [0.5, 0.6) is 0 Å². The van der Waals surface area contributed by atoms with Crippen LogP contribution in [-0.4, -0.2) is 30.3 Å². The van der Waals surface area contributed by atoms with Crippen LogP contribution in [0, 0.1) is 0 Å². The second-order valence-electron chi connectivity index (χ2n) is 6.63. The van der Waals surface area contributed by atoms with E-state index in [1.54, 1.807) is 0 Å². The van der Waals surface area contributed by atoms with Crippen LogP contribution in [-0.2, 0) is 14.4 Å². The van der Waals surface area contributed by atoms with Crippen molar-refractivity contribution in [2.24, 2.45) is 0 Å². The summed E-state index contributed by atoms with van der Waals surface area (Å²) in [4.78, 5) is 32.3. The van der Waals surface area contributed by atoms with Gasteiger partial charge in [0.1, 0.15) is 0 Å². The summed E-state index contributed by atoms with van der Waals surface area (Å²) in [7, 11) is 0. The first-order valence-electron chi connectivity index (χ1n) is 9.51. The zero-order chi connectivity index (χ0) is 17.2. The van der Waals surface area contributed by atoms with E-state index < -0.39 is 4.48 Å². The largest absolute Gasteiger partial charge is 1.00 e. The van der Waals surface area contributed by atoms with E-state index in [2.05, 4.69) is 6.92 Å². The standard InChI is InChI=1S/C19H36NO3.ClH/c1-2-3-4-5-6-7-8-9-10-11-12-13-14-15-16-20(17-21,18-22)19-23;/h17-19H,2-16H2,1H3;1H/q+1;/p-1. The SMILES string of the molecule is CCCCCCCCCCCCCCCC[N+](C=O)(C=O)C=O.[Cl-]. The highest BCUT2D eigenvalue weighted by atomic mass is 35.5. The molecule has 0 fully saturated rings. The van der Waals surface area contributed by atoms with Crippen molar-refractivity contribution in [1.82, 2.24) is 0 Å². The number of halogens is 1. The summed E-state index contributed by atoms with van der Waals surface area (Å²) in [5.41, 5.74) is 0. The van der Waals surface area contributed by atoms with Gasteiger partial charge in [-0.15, -0.1) is 4.48 Å². The third kappa shape index (κ3) is 13.7. The highest BCUT2D eigenvalue weighted by Gasteiger charge is 2.25. The number of carbonyl (C=O) groups is 3. The van der Waals surface area contributed by atoms with E-state index in [4.69, 9.17) is 0 Å². The molecule has 0 aromatic carbocycles. The van der Waals surface area contributed by atoms with E-state index in [9.17, 15) is 14.4 Å². The molecule has 0 aliphatic rings. The first-order valence-corrected chi connectivity index (χ1v) is 9.51. The molecule has 0 aliphatic heterocycles. The fourth-order valence-corrected chi connectivity index (χ4v) is 2.81. The highest BCUT2D eigenvalue weighted by molar-refractivity contribution is 5.69. The zero-order valence-corrected chi connectivity index (χ0v) is 16.1. The van der Waals surface area contributed by atoms with Gasteiger partial charge in [0.15, 0.2) is 0 Å². The monoisotopic (exact) mass is 361 g/mol. The van der Waals surface area contributed by atoms with Crippen molar-refractivity contribution in [3.8, 4) is 0 Å². The third-order valence-electron chi connectivity index (χ3n) is 4.49. The van der Waals surface area contributed by atoms with Crippen molar-refractivity contribution >= 4 is 19.2 Å². The predicted octanol–water partition coefficient (Wildman–Crippen LogP) is 1.76. The smallest absolute Gasteiger partial charge is 0.315 e. The second kappa shape index (κ2) is 18.6. The molecule has 0 spiro atoms. The number of nitrogens with zero attached hydrogens (tertiary/aromatic N) is 1. The van der Waals surface area contributed by atoms with Gasteiger partial charge in [-0.05, 0) is 12.8 Å². The number of quaternary nitrogens is 1. The molecule has 0 saturated heterocycles. The number of imide groups is 3. The summed E-state index contributed by atoms with van der Waals surface area (Å²) in [6.45, 7) is 2.55. The van der Waals surface area contributed by atoms with E-state index in [1.165, 1.54) is 70.6 Å². The van der Waals surface area contributed by atoms with Gasteiger partial charge in [0, 0.05) is 0 Å². The molecular weight excluding hydrogens is 326 g/mol. The molecule has 0 rings (SSSR count). The van der Waals surface area contributed by atoms with Crippen LogP contribution >= 0.6 is 0 Å². The average Bonchev–Trinajstić information content (AvgIpc) is 2.59. The third-order valence-corrected chi connectivity index (χ3v) is 4.49. The van der Waals surface area contributed by atoms with Crippen molar-refractivity contribution < 1.29 is 31.3 Å².